The van der Waals surface area contributed by atoms with E-state index in [0.717, 1.165) is 27.9 Å². The fourth-order valence-electron chi connectivity index (χ4n) is 2.33. The Labute approximate surface area is 131 Å². The van der Waals surface area contributed by atoms with Crippen LogP contribution < -0.4 is 10.1 Å². The number of benzene rings is 1. The molecule has 114 valence electrons. The molecule has 0 unspecified atom stereocenters. The van der Waals surface area contributed by atoms with Crippen LogP contribution in [0.2, 0.25) is 0 Å². The molecule has 0 saturated carbocycles. The molecule has 0 saturated heterocycles. The number of aromatic nitrogens is 3. The standard InChI is InChI=1S/C15H16N4O2S/c1-9-6-13-17-18-15(22-8-14(20)16-2)19(13)12-7-10(21-3)4-5-11(9)12/h4-7H,8H2,1-3H3,(H,16,20). The Hall–Kier alpha value is -2.28. The molecule has 1 N–H and O–H groups in total. The van der Waals surface area contributed by atoms with Crippen LogP contribution in [0, 0.1) is 6.92 Å². The lowest BCUT2D eigenvalue weighted by Crippen LogP contribution is -2.19. The summed E-state index contributed by atoms with van der Waals surface area (Å²) < 4.78 is 7.27. The van der Waals surface area contributed by atoms with Gasteiger partial charge in [0.1, 0.15) is 5.75 Å². The molecule has 0 aliphatic rings. The highest BCUT2D eigenvalue weighted by Crippen LogP contribution is 2.28. The number of nitrogens with one attached hydrogen (secondary N) is 1. The Bertz CT molecular complexity index is 859. The van der Waals surface area contributed by atoms with Crippen molar-refractivity contribution in [2.75, 3.05) is 19.9 Å². The Kier molecular flexibility index (Phi) is 3.89. The smallest absolute Gasteiger partial charge is 0.230 e. The quantitative estimate of drug-likeness (QED) is 0.746. The fourth-order valence-corrected chi connectivity index (χ4v) is 3.15. The zero-order valence-corrected chi connectivity index (χ0v) is 13.4. The average molecular weight is 316 g/mol. The maximum atomic E-state index is 11.5. The maximum Gasteiger partial charge on any atom is 0.230 e. The third-order valence-corrected chi connectivity index (χ3v) is 4.41. The molecule has 2 heterocycles. The molecule has 2 aromatic heterocycles. The number of aryl methyl sites for hydroxylation is 1. The molecule has 0 radical (unpaired) electrons. The van der Waals surface area contributed by atoms with E-state index in [1.165, 1.54) is 11.8 Å². The van der Waals surface area contributed by atoms with E-state index in [1.54, 1.807) is 14.2 Å². The van der Waals surface area contributed by atoms with Crippen molar-refractivity contribution < 1.29 is 9.53 Å². The maximum absolute atomic E-state index is 11.5. The molecule has 3 rings (SSSR count). The van der Waals surface area contributed by atoms with Crippen molar-refractivity contribution in [2.24, 2.45) is 0 Å². The Morgan fingerprint density at radius 3 is 2.91 bits per heavy atom. The van der Waals surface area contributed by atoms with E-state index in [1.807, 2.05) is 35.6 Å². The highest BCUT2D eigenvalue weighted by atomic mass is 32.2. The summed E-state index contributed by atoms with van der Waals surface area (Å²) in [4.78, 5) is 11.5. The predicted octanol–water partition coefficient (Wildman–Crippen LogP) is 2.04. The summed E-state index contributed by atoms with van der Waals surface area (Å²) in [7, 11) is 3.26. The van der Waals surface area contributed by atoms with Crippen LogP contribution in [0.5, 0.6) is 5.75 Å². The van der Waals surface area contributed by atoms with Crippen LogP contribution in [0.15, 0.2) is 29.4 Å². The lowest BCUT2D eigenvalue weighted by Gasteiger charge is -2.09. The van der Waals surface area contributed by atoms with E-state index in [-0.39, 0.29) is 5.91 Å². The van der Waals surface area contributed by atoms with Gasteiger partial charge in [-0.15, -0.1) is 10.2 Å². The van der Waals surface area contributed by atoms with Crippen molar-refractivity contribution in [1.82, 2.24) is 19.9 Å². The van der Waals surface area contributed by atoms with Gasteiger partial charge in [-0.3, -0.25) is 9.20 Å². The van der Waals surface area contributed by atoms with E-state index >= 15 is 0 Å². The molecule has 6 nitrogen and oxygen atoms in total. The van der Waals surface area contributed by atoms with Gasteiger partial charge in [-0.05, 0) is 30.7 Å². The van der Waals surface area contributed by atoms with Gasteiger partial charge in [-0.1, -0.05) is 11.8 Å². The Morgan fingerprint density at radius 1 is 1.36 bits per heavy atom. The van der Waals surface area contributed by atoms with Gasteiger partial charge in [0.2, 0.25) is 5.91 Å². The second-order valence-corrected chi connectivity index (χ2v) is 5.79. The first-order valence-corrected chi connectivity index (χ1v) is 7.78. The third kappa shape index (κ3) is 2.48. The number of pyridine rings is 1. The van der Waals surface area contributed by atoms with Crippen LogP contribution >= 0.6 is 11.8 Å². The number of carbonyl (C=O) groups is 1. The monoisotopic (exact) mass is 316 g/mol. The summed E-state index contributed by atoms with van der Waals surface area (Å²) in [5.41, 5.74) is 2.86. The largest absolute Gasteiger partial charge is 0.497 e. The predicted molar refractivity (Wildman–Crippen MR) is 86.6 cm³/mol. The van der Waals surface area contributed by atoms with Gasteiger partial charge in [-0.25, -0.2) is 0 Å². The van der Waals surface area contributed by atoms with Crippen LogP contribution in [0.3, 0.4) is 0 Å². The molecule has 0 bridgehead atoms. The molecule has 22 heavy (non-hydrogen) atoms. The molecule has 1 aromatic carbocycles. The number of ether oxygens (including phenoxy) is 1. The molecule has 0 fully saturated rings. The van der Waals surface area contributed by atoms with Gasteiger partial charge in [-0.2, -0.15) is 0 Å². The van der Waals surface area contributed by atoms with E-state index in [4.69, 9.17) is 4.74 Å². The van der Waals surface area contributed by atoms with Crippen molar-refractivity contribution in [1.29, 1.82) is 0 Å². The van der Waals surface area contributed by atoms with E-state index in [2.05, 4.69) is 15.5 Å². The minimum absolute atomic E-state index is 0.0456. The number of nitrogens with zero attached hydrogens (tertiary/aromatic N) is 3. The number of hydrogen-bond donors (Lipinski definition) is 1. The summed E-state index contributed by atoms with van der Waals surface area (Å²) in [5, 5.41) is 12.8. The SMILES string of the molecule is CNC(=O)CSc1nnc2cc(C)c3ccc(OC)cc3n12. The second-order valence-electron chi connectivity index (χ2n) is 4.85. The van der Waals surface area contributed by atoms with Crippen molar-refractivity contribution in [3.63, 3.8) is 0 Å². The second kappa shape index (κ2) is 5.84. The summed E-state index contributed by atoms with van der Waals surface area (Å²) in [5.74, 6) is 1.03. The Balaban J connectivity index is 2.18. The van der Waals surface area contributed by atoms with Crippen molar-refractivity contribution >= 4 is 34.2 Å². The number of carbonyl (C=O) groups excluding carboxylic acids is 1. The van der Waals surface area contributed by atoms with Gasteiger partial charge < -0.3 is 10.1 Å². The first kappa shape index (κ1) is 14.6. The summed E-state index contributed by atoms with van der Waals surface area (Å²) in [6.45, 7) is 2.04. The van der Waals surface area contributed by atoms with Gasteiger partial charge in [0, 0.05) is 18.5 Å². The van der Waals surface area contributed by atoms with Gasteiger partial charge in [0.25, 0.3) is 0 Å². The summed E-state index contributed by atoms with van der Waals surface area (Å²) in [6.07, 6.45) is 0. The Morgan fingerprint density at radius 2 is 2.18 bits per heavy atom. The number of hydrogen-bond acceptors (Lipinski definition) is 5. The van der Waals surface area contributed by atoms with E-state index in [9.17, 15) is 4.79 Å². The molecule has 0 atom stereocenters. The minimum atomic E-state index is -0.0456. The number of rotatable bonds is 4. The summed E-state index contributed by atoms with van der Waals surface area (Å²) >= 11 is 1.36. The fraction of sp³-hybridized carbons (Fsp3) is 0.267. The lowest BCUT2D eigenvalue weighted by molar-refractivity contribution is -0.118. The molecular weight excluding hydrogens is 300 g/mol. The highest BCUT2D eigenvalue weighted by Gasteiger charge is 2.13. The van der Waals surface area contributed by atoms with Crippen molar-refractivity contribution in [3.05, 3.63) is 29.8 Å². The number of methoxy groups -OCH3 is 1. The molecule has 0 aliphatic carbocycles. The zero-order chi connectivity index (χ0) is 15.7. The van der Waals surface area contributed by atoms with Crippen LogP contribution in [0.4, 0.5) is 0 Å². The lowest BCUT2D eigenvalue weighted by atomic mass is 10.1. The minimum Gasteiger partial charge on any atom is -0.497 e. The average Bonchev–Trinajstić information content (AvgIpc) is 2.95. The van der Waals surface area contributed by atoms with Crippen LogP contribution in [-0.2, 0) is 4.79 Å². The highest BCUT2D eigenvalue weighted by molar-refractivity contribution is 7.99. The van der Waals surface area contributed by atoms with Crippen molar-refractivity contribution in [3.8, 4) is 5.75 Å². The van der Waals surface area contributed by atoms with E-state index < -0.39 is 0 Å². The van der Waals surface area contributed by atoms with Gasteiger partial charge >= 0.3 is 0 Å². The first-order chi connectivity index (χ1) is 10.6. The van der Waals surface area contributed by atoms with Crippen LogP contribution in [0.1, 0.15) is 5.56 Å². The zero-order valence-electron chi connectivity index (χ0n) is 12.6. The summed E-state index contributed by atoms with van der Waals surface area (Å²) in [6, 6.07) is 7.91. The molecule has 1 amide bonds. The van der Waals surface area contributed by atoms with E-state index in [0.29, 0.717) is 10.9 Å². The van der Waals surface area contributed by atoms with Gasteiger partial charge in [0.05, 0.1) is 18.4 Å². The molecule has 3 aromatic rings. The first-order valence-electron chi connectivity index (χ1n) is 6.80. The normalized spacial score (nSPS) is 11.0. The van der Waals surface area contributed by atoms with Crippen LogP contribution in [-0.4, -0.2) is 40.4 Å². The topological polar surface area (TPSA) is 68.5 Å². The van der Waals surface area contributed by atoms with Crippen molar-refractivity contribution in [2.45, 2.75) is 12.1 Å². The number of thioether (sulfide) groups is 1. The van der Waals surface area contributed by atoms with Crippen LogP contribution in [0.25, 0.3) is 16.6 Å². The molecule has 0 spiro atoms. The molecular formula is C15H16N4O2S. The number of amides is 1. The van der Waals surface area contributed by atoms with Gasteiger partial charge in [0.15, 0.2) is 10.8 Å². The molecule has 0 aliphatic heterocycles. The third-order valence-electron chi connectivity index (χ3n) is 3.49. The number of fused-ring (bicyclic) bond motifs is 3. The molecule has 7 heteroatoms.